The molecule has 0 heterocycles. The molecule has 1 heteroatoms. The van der Waals surface area contributed by atoms with Crippen LogP contribution in [-0.2, 0) is 0 Å². The van der Waals surface area contributed by atoms with E-state index >= 15 is 0 Å². The second kappa shape index (κ2) is 5.36. The minimum atomic E-state index is -0.290. The van der Waals surface area contributed by atoms with Crippen LogP contribution >= 0.6 is 0 Å². The van der Waals surface area contributed by atoms with Crippen LogP contribution < -0.4 is 0 Å². The van der Waals surface area contributed by atoms with E-state index in [9.17, 15) is 0 Å². The van der Waals surface area contributed by atoms with Gasteiger partial charge in [-0.2, -0.15) is 0 Å². The van der Waals surface area contributed by atoms with Crippen LogP contribution in [0.1, 0.15) is 40.5 Å². The Morgan fingerprint density at radius 1 is 1.36 bits per heavy atom. The molecule has 0 saturated heterocycles. The molecule has 0 fully saturated rings. The molecule has 0 aliphatic carbocycles. The molecule has 1 N–H and O–H groups in total. The molecular formula is C10H20O. The monoisotopic (exact) mass is 156 g/mol. The molecule has 0 aromatic carbocycles. The lowest BCUT2D eigenvalue weighted by Crippen LogP contribution is -1.95. The summed E-state index contributed by atoms with van der Waals surface area (Å²) in [6.07, 6.45) is 3.96. The summed E-state index contributed by atoms with van der Waals surface area (Å²) in [4.78, 5) is 0. The Hall–Kier alpha value is -0.300. The lowest BCUT2D eigenvalue weighted by atomic mass is 10.0. The van der Waals surface area contributed by atoms with Crippen molar-refractivity contribution in [1.82, 2.24) is 0 Å². The Balaban J connectivity index is 3.59. The SMILES string of the molecule is CC(=CC(C)O)CCC(C)C. The van der Waals surface area contributed by atoms with Crippen LogP contribution in [0.5, 0.6) is 0 Å². The molecule has 0 aromatic rings. The third-order valence-electron chi connectivity index (χ3n) is 1.64. The first-order valence-corrected chi connectivity index (χ1v) is 4.37. The first kappa shape index (κ1) is 10.7. The Morgan fingerprint density at radius 2 is 1.91 bits per heavy atom. The van der Waals surface area contributed by atoms with Crippen molar-refractivity contribution in [2.45, 2.75) is 46.6 Å². The van der Waals surface area contributed by atoms with E-state index in [1.807, 2.05) is 6.08 Å². The predicted octanol–water partition coefficient (Wildman–Crippen LogP) is 2.75. The van der Waals surface area contributed by atoms with E-state index in [0.717, 1.165) is 12.3 Å². The van der Waals surface area contributed by atoms with Gasteiger partial charge in [-0.15, -0.1) is 0 Å². The Kier molecular flexibility index (Phi) is 5.22. The van der Waals surface area contributed by atoms with Crippen LogP contribution in [0.2, 0.25) is 0 Å². The highest BCUT2D eigenvalue weighted by Gasteiger charge is 1.96. The van der Waals surface area contributed by atoms with Gasteiger partial charge in [-0.3, -0.25) is 0 Å². The number of aliphatic hydroxyl groups excluding tert-OH is 1. The number of hydrogen-bond acceptors (Lipinski definition) is 1. The fourth-order valence-electron chi connectivity index (χ4n) is 1.01. The highest BCUT2D eigenvalue weighted by atomic mass is 16.3. The molecule has 0 bridgehead atoms. The maximum Gasteiger partial charge on any atom is 0.0695 e. The number of rotatable bonds is 4. The minimum Gasteiger partial charge on any atom is -0.389 e. The van der Waals surface area contributed by atoms with Gasteiger partial charge in [-0.05, 0) is 32.6 Å². The average Bonchev–Trinajstić information content (AvgIpc) is 1.82. The van der Waals surface area contributed by atoms with Crippen LogP contribution in [-0.4, -0.2) is 11.2 Å². The third-order valence-corrected chi connectivity index (χ3v) is 1.64. The van der Waals surface area contributed by atoms with E-state index in [4.69, 9.17) is 5.11 Å². The molecule has 66 valence electrons. The molecule has 0 radical (unpaired) electrons. The zero-order valence-electron chi connectivity index (χ0n) is 8.09. The summed E-state index contributed by atoms with van der Waals surface area (Å²) in [6, 6.07) is 0. The summed E-state index contributed by atoms with van der Waals surface area (Å²) in [5.41, 5.74) is 1.30. The first-order chi connectivity index (χ1) is 5.02. The van der Waals surface area contributed by atoms with Crippen molar-refractivity contribution in [1.29, 1.82) is 0 Å². The molecule has 0 spiro atoms. The van der Waals surface area contributed by atoms with Crippen molar-refractivity contribution in [2.24, 2.45) is 5.92 Å². The maximum atomic E-state index is 9.01. The molecule has 0 aliphatic heterocycles. The average molecular weight is 156 g/mol. The van der Waals surface area contributed by atoms with Gasteiger partial charge in [0.15, 0.2) is 0 Å². The zero-order chi connectivity index (χ0) is 8.85. The smallest absolute Gasteiger partial charge is 0.0695 e. The van der Waals surface area contributed by atoms with Crippen molar-refractivity contribution < 1.29 is 5.11 Å². The van der Waals surface area contributed by atoms with E-state index in [1.165, 1.54) is 12.0 Å². The fourth-order valence-corrected chi connectivity index (χ4v) is 1.01. The maximum absolute atomic E-state index is 9.01. The largest absolute Gasteiger partial charge is 0.389 e. The van der Waals surface area contributed by atoms with Crippen LogP contribution in [0.4, 0.5) is 0 Å². The van der Waals surface area contributed by atoms with E-state index in [-0.39, 0.29) is 6.10 Å². The number of allylic oxidation sites excluding steroid dienone is 1. The molecule has 0 rings (SSSR count). The van der Waals surface area contributed by atoms with Crippen LogP contribution in [0.3, 0.4) is 0 Å². The van der Waals surface area contributed by atoms with Gasteiger partial charge >= 0.3 is 0 Å². The molecule has 0 aromatic heterocycles. The molecule has 11 heavy (non-hydrogen) atoms. The Labute approximate surface area is 70.1 Å². The molecule has 0 aliphatic rings. The number of hydrogen-bond donors (Lipinski definition) is 1. The Morgan fingerprint density at radius 3 is 2.27 bits per heavy atom. The van der Waals surface area contributed by atoms with Gasteiger partial charge in [-0.1, -0.05) is 25.5 Å². The highest BCUT2D eigenvalue weighted by molar-refractivity contribution is 5.00. The molecule has 1 nitrogen and oxygen atoms in total. The van der Waals surface area contributed by atoms with Gasteiger partial charge < -0.3 is 5.11 Å². The summed E-state index contributed by atoms with van der Waals surface area (Å²) >= 11 is 0. The van der Waals surface area contributed by atoms with Crippen molar-refractivity contribution in [3.05, 3.63) is 11.6 Å². The predicted molar refractivity (Wildman–Crippen MR) is 49.5 cm³/mol. The molecular weight excluding hydrogens is 136 g/mol. The Bertz CT molecular complexity index is 123. The first-order valence-electron chi connectivity index (χ1n) is 4.37. The normalized spacial score (nSPS) is 15.6. The lowest BCUT2D eigenvalue weighted by molar-refractivity contribution is 0.243. The van der Waals surface area contributed by atoms with E-state index < -0.39 is 0 Å². The standard InChI is InChI=1S/C10H20O/c1-8(2)5-6-9(3)7-10(4)11/h7-8,10-11H,5-6H2,1-4H3. The van der Waals surface area contributed by atoms with Crippen molar-refractivity contribution in [3.8, 4) is 0 Å². The van der Waals surface area contributed by atoms with Gasteiger partial charge in [0.1, 0.15) is 0 Å². The van der Waals surface area contributed by atoms with E-state index in [1.54, 1.807) is 6.92 Å². The van der Waals surface area contributed by atoms with Gasteiger partial charge in [0.2, 0.25) is 0 Å². The lowest BCUT2D eigenvalue weighted by Gasteiger charge is -2.05. The van der Waals surface area contributed by atoms with Crippen molar-refractivity contribution >= 4 is 0 Å². The fraction of sp³-hybridized carbons (Fsp3) is 0.800. The minimum absolute atomic E-state index is 0.290. The third kappa shape index (κ3) is 7.60. The summed E-state index contributed by atoms with van der Waals surface area (Å²) in [5.74, 6) is 0.757. The quantitative estimate of drug-likeness (QED) is 0.620. The molecule has 1 atom stereocenters. The molecule has 1 unspecified atom stereocenters. The summed E-state index contributed by atoms with van der Waals surface area (Å²) < 4.78 is 0. The van der Waals surface area contributed by atoms with E-state index in [0.29, 0.717) is 0 Å². The summed E-state index contributed by atoms with van der Waals surface area (Å²) in [5, 5.41) is 9.01. The van der Waals surface area contributed by atoms with Gasteiger partial charge in [0.25, 0.3) is 0 Å². The molecule has 0 amide bonds. The van der Waals surface area contributed by atoms with Crippen molar-refractivity contribution in [3.63, 3.8) is 0 Å². The van der Waals surface area contributed by atoms with Gasteiger partial charge in [-0.25, -0.2) is 0 Å². The van der Waals surface area contributed by atoms with Gasteiger partial charge in [0.05, 0.1) is 6.10 Å². The molecule has 0 saturated carbocycles. The van der Waals surface area contributed by atoms with Crippen LogP contribution in [0, 0.1) is 5.92 Å². The van der Waals surface area contributed by atoms with Crippen LogP contribution in [0.15, 0.2) is 11.6 Å². The zero-order valence-corrected chi connectivity index (χ0v) is 8.09. The van der Waals surface area contributed by atoms with E-state index in [2.05, 4.69) is 20.8 Å². The number of aliphatic hydroxyl groups is 1. The second-order valence-corrected chi connectivity index (χ2v) is 3.69. The topological polar surface area (TPSA) is 20.2 Å². The summed E-state index contributed by atoms with van der Waals surface area (Å²) in [6.45, 7) is 8.30. The second-order valence-electron chi connectivity index (χ2n) is 3.69. The van der Waals surface area contributed by atoms with Crippen LogP contribution in [0.25, 0.3) is 0 Å². The summed E-state index contributed by atoms with van der Waals surface area (Å²) in [7, 11) is 0. The van der Waals surface area contributed by atoms with Crippen molar-refractivity contribution in [2.75, 3.05) is 0 Å². The van der Waals surface area contributed by atoms with Gasteiger partial charge in [0, 0.05) is 0 Å². The highest BCUT2D eigenvalue weighted by Crippen LogP contribution is 2.10.